The van der Waals surface area contributed by atoms with Crippen molar-refractivity contribution in [2.45, 2.75) is 51.1 Å². The Kier molecular flexibility index (Phi) is 4.45. The van der Waals surface area contributed by atoms with Gasteiger partial charge in [0.2, 0.25) is 11.8 Å². The summed E-state index contributed by atoms with van der Waals surface area (Å²) in [5.74, 6) is 0.169. The summed E-state index contributed by atoms with van der Waals surface area (Å²) in [4.78, 5) is 32.4. The highest BCUT2D eigenvalue weighted by molar-refractivity contribution is 5.86. The highest BCUT2D eigenvalue weighted by atomic mass is 16.2. The fourth-order valence-corrected chi connectivity index (χ4v) is 3.52. The van der Waals surface area contributed by atoms with E-state index in [4.69, 9.17) is 0 Å². The lowest BCUT2D eigenvalue weighted by Gasteiger charge is -2.38. The topological polar surface area (TPSA) is 58.4 Å². The van der Waals surface area contributed by atoms with E-state index in [0.29, 0.717) is 25.6 Å². The summed E-state index contributed by atoms with van der Waals surface area (Å²) in [6.45, 7) is 3.59. The molecule has 2 amide bonds. The Morgan fingerprint density at radius 1 is 1.36 bits per heavy atom. The van der Waals surface area contributed by atoms with Crippen LogP contribution in [0.1, 0.15) is 45.1 Å². The minimum Gasteiger partial charge on any atom is -0.336 e. The summed E-state index contributed by atoms with van der Waals surface area (Å²) in [5, 5.41) is 0. The lowest BCUT2D eigenvalue weighted by molar-refractivity contribution is -0.147. The minimum atomic E-state index is 0.0561. The van der Waals surface area contributed by atoms with Crippen molar-refractivity contribution in [2.75, 3.05) is 19.6 Å². The number of aromatic nitrogens is 2. The molecule has 1 saturated carbocycles. The van der Waals surface area contributed by atoms with Gasteiger partial charge in [-0.15, -0.1) is 0 Å². The van der Waals surface area contributed by atoms with E-state index in [9.17, 15) is 9.59 Å². The molecule has 1 aliphatic carbocycles. The van der Waals surface area contributed by atoms with Gasteiger partial charge in [-0.3, -0.25) is 9.59 Å². The monoisotopic (exact) mass is 304 g/mol. The van der Waals surface area contributed by atoms with Crippen molar-refractivity contribution in [3.05, 3.63) is 18.7 Å². The molecule has 0 N–H and O–H groups in total. The Balaban J connectivity index is 1.53. The lowest BCUT2D eigenvalue weighted by Crippen LogP contribution is -2.55. The van der Waals surface area contributed by atoms with E-state index >= 15 is 0 Å². The normalized spacial score (nSPS) is 21.4. The van der Waals surface area contributed by atoms with Gasteiger partial charge in [-0.05, 0) is 19.8 Å². The molecule has 1 aliphatic heterocycles. The first-order valence-electron chi connectivity index (χ1n) is 8.20. The first-order valence-corrected chi connectivity index (χ1v) is 8.20. The molecular formula is C16H24N4O2. The highest BCUT2D eigenvalue weighted by Gasteiger charge is 2.33. The van der Waals surface area contributed by atoms with Gasteiger partial charge in [-0.25, -0.2) is 4.98 Å². The zero-order valence-electron chi connectivity index (χ0n) is 13.1. The van der Waals surface area contributed by atoms with Crippen LogP contribution in [0.2, 0.25) is 0 Å². The molecule has 2 fully saturated rings. The van der Waals surface area contributed by atoms with Gasteiger partial charge < -0.3 is 14.4 Å². The molecule has 0 spiro atoms. The predicted molar refractivity (Wildman–Crippen MR) is 82.1 cm³/mol. The van der Waals surface area contributed by atoms with Gasteiger partial charge in [0.05, 0.1) is 12.9 Å². The maximum atomic E-state index is 12.4. The number of carbonyl (C=O) groups is 2. The lowest BCUT2D eigenvalue weighted by atomic mass is 10.1. The SMILES string of the molecule is C[C@@H](CC(=O)N1CCN(C2CCCC2)C(=O)C1)n1ccnc1. The Hall–Kier alpha value is -1.85. The number of nitrogens with zero attached hydrogens (tertiary/aromatic N) is 4. The van der Waals surface area contributed by atoms with E-state index in [0.717, 1.165) is 12.8 Å². The van der Waals surface area contributed by atoms with Gasteiger partial charge >= 0.3 is 0 Å². The molecule has 1 atom stereocenters. The molecule has 0 bridgehead atoms. The molecule has 3 rings (SSSR count). The van der Waals surface area contributed by atoms with Crippen LogP contribution in [0.25, 0.3) is 0 Å². The molecule has 22 heavy (non-hydrogen) atoms. The van der Waals surface area contributed by atoms with Crippen LogP contribution < -0.4 is 0 Å². The van der Waals surface area contributed by atoms with Crippen molar-refractivity contribution in [2.24, 2.45) is 0 Å². The van der Waals surface area contributed by atoms with Gasteiger partial charge in [-0.1, -0.05) is 12.8 Å². The number of piperazine rings is 1. The van der Waals surface area contributed by atoms with Crippen LogP contribution in [0, 0.1) is 0 Å². The van der Waals surface area contributed by atoms with Crippen LogP contribution in [-0.2, 0) is 9.59 Å². The van der Waals surface area contributed by atoms with Gasteiger partial charge in [0.15, 0.2) is 0 Å². The zero-order valence-corrected chi connectivity index (χ0v) is 13.1. The second kappa shape index (κ2) is 6.50. The summed E-state index contributed by atoms with van der Waals surface area (Å²) in [7, 11) is 0. The summed E-state index contributed by atoms with van der Waals surface area (Å²) in [6.07, 6.45) is 10.4. The fraction of sp³-hybridized carbons (Fsp3) is 0.688. The van der Waals surface area contributed by atoms with Crippen LogP contribution in [0.15, 0.2) is 18.7 Å². The van der Waals surface area contributed by atoms with Crippen molar-refractivity contribution < 1.29 is 9.59 Å². The second-order valence-corrected chi connectivity index (χ2v) is 6.40. The van der Waals surface area contributed by atoms with Crippen molar-refractivity contribution in [1.82, 2.24) is 19.4 Å². The molecule has 6 heteroatoms. The third-order valence-corrected chi connectivity index (χ3v) is 4.88. The number of carbonyl (C=O) groups excluding carboxylic acids is 2. The Labute approximate surface area is 131 Å². The van der Waals surface area contributed by atoms with Crippen molar-refractivity contribution in [1.29, 1.82) is 0 Å². The molecule has 120 valence electrons. The van der Waals surface area contributed by atoms with Crippen LogP contribution in [0.5, 0.6) is 0 Å². The standard InChI is InChI=1S/C16H24N4O2/c1-13(19-7-6-17-12-19)10-15(21)18-8-9-20(16(22)11-18)14-4-2-3-5-14/h6-7,12-14H,2-5,8-11H2,1H3/t13-/m0/s1. The van der Waals surface area contributed by atoms with Gasteiger partial charge in [-0.2, -0.15) is 0 Å². The molecule has 1 aromatic rings. The summed E-state index contributed by atoms with van der Waals surface area (Å²) < 4.78 is 1.93. The largest absolute Gasteiger partial charge is 0.336 e. The average Bonchev–Trinajstić information content (AvgIpc) is 3.20. The molecule has 2 heterocycles. The van der Waals surface area contributed by atoms with E-state index in [2.05, 4.69) is 4.98 Å². The molecule has 1 aromatic heterocycles. The van der Waals surface area contributed by atoms with Crippen LogP contribution in [-0.4, -0.2) is 56.8 Å². The average molecular weight is 304 g/mol. The fourth-order valence-electron chi connectivity index (χ4n) is 3.52. The summed E-state index contributed by atoms with van der Waals surface area (Å²) in [5.41, 5.74) is 0. The summed E-state index contributed by atoms with van der Waals surface area (Å²) in [6, 6.07) is 0.479. The Morgan fingerprint density at radius 2 is 2.14 bits per heavy atom. The number of hydrogen-bond donors (Lipinski definition) is 0. The molecule has 0 radical (unpaired) electrons. The van der Waals surface area contributed by atoms with E-state index in [1.807, 2.05) is 22.6 Å². The maximum absolute atomic E-state index is 12.4. The van der Waals surface area contributed by atoms with Crippen molar-refractivity contribution in [3.63, 3.8) is 0 Å². The summed E-state index contributed by atoms with van der Waals surface area (Å²) >= 11 is 0. The van der Waals surface area contributed by atoms with E-state index in [1.54, 1.807) is 17.4 Å². The van der Waals surface area contributed by atoms with Gasteiger partial charge in [0.25, 0.3) is 0 Å². The second-order valence-electron chi connectivity index (χ2n) is 6.40. The van der Waals surface area contributed by atoms with Gasteiger partial charge in [0, 0.05) is 44.0 Å². The van der Waals surface area contributed by atoms with Gasteiger partial charge in [0.1, 0.15) is 0 Å². The maximum Gasteiger partial charge on any atom is 0.242 e. The zero-order chi connectivity index (χ0) is 15.5. The Bertz CT molecular complexity index is 522. The predicted octanol–water partition coefficient (Wildman–Crippen LogP) is 1.45. The molecule has 6 nitrogen and oxygen atoms in total. The first-order chi connectivity index (χ1) is 10.6. The van der Waals surface area contributed by atoms with Crippen molar-refractivity contribution >= 4 is 11.8 Å². The van der Waals surface area contributed by atoms with E-state index in [1.165, 1.54) is 12.8 Å². The minimum absolute atomic E-state index is 0.0561. The third kappa shape index (κ3) is 3.15. The van der Waals surface area contributed by atoms with E-state index in [-0.39, 0.29) is 24.4 Å². The number of imidazole rings is 1. The van der Waals surface area contributed by atoms with Crippen molar-refractivity contribution in [3.8, 4) is 0 Å². The highest BCUT2D eigenvalue weighted by Crippen LogP contribution is 2.25. The third-order valence-electron chi connectivity index (χ3n) is 4.88. The first kappa shape index (κ1) is 15.1. The number of rotatable bonds is 4. The quantitative estimate of drug-likeness (QED) is 0.846. The van der Waals surface area contributed by atoms with E-state index < -0.39 is 0 Å². The molecule has 2 aliphatic rings. The number of hydrogen-bond acceptors (Lipinski definition) is 3. The van der Waals surface area contributed by atoms with Crippen LogP contribution in [0.3, 0.4) is 0 Å². The smallest absolute Gasteiger partial charge is 0.242 e. The van der Waals surface area contributed by atoms with Crippen LogP contribution >= 0.6 is 0 Å². The number of amides is 2. The molecular weight excluding hydrogens is 280 g/mol. The van der Waals surface area contributed by atoms with Crippen LogP contribution in [0.4, 0.5) is 0 Å². The Morgan fingerprint density at radius 3 is 2.77 bits per heavy atom. The molecule has 0 unspecified atom stereocenters. The molecule has 0 aromatic carbocycles. The molecule has 1 saturated heterocycles.